The van der Waals surface area contributed by atoms with E-state index in [1.165, 1.54) is 0 Å². The molecular weight excluding hydrogens is 225 g/mol. The molecule has 0 amide bonds. The number of aromatic carboxylic acids is 1. The van der Waals surface area contributed by atoms with Gasteiger partial charge < -0.3 is 10.1 Å². The third-order valence-electron chi connectivity index (χ3n) is 2.03. The molecule has 0 aliphatic heterocycles. The van der Waals surface area contributed by atoms with Gasteiger partial charge in [0.15, 0.2) is 0 Å². The first-order valence-electron chi connectivity index (χ1n) is 4.17. The number of aromatic amines is 1. The molecule has 16 heavy (non-hydrogen) atoms. The van der Waals surface area contributed by atoms with Crippen LogP contribution in [0.2, 0.25) is 0 Å². The highest BCUT2D eigenvalue weighted by molar-refractivity contribution is 5.92. The van der Waals surface area contributed by atoms with Gasteiger partial charge in [-0.05, 0) is 12.1 Å². The van der Waals surface area contributed by atoms with Gasteiger partial charge in [-0.25, -0.2) is 9.78 Å². The van der Waals surface area contributed by atoms with Crippen molar-refractivity contribution in [1.82, 2.24) is 9.97 Å². The lowest BCUT2D eigenvalue weighted by Crippen LogP contribution is -2.04. The van der Waals surface area contributed by atoms with Gasteiger partial charge in [-0.3, -0.25) is 0 Å². The first-order valence-corrected chi connectivity index (χ1v) is 4.17. The molecule has 0 aromatic carbocycles. The number of halogens is 3. The van der Waals surface area contributed by atoms with Gasteiger partial charge in [0.25, 0.3) is 0 Å². The van der Waals surface area contributed by atoms with E-state index in [0.29, 0.717) is 6.20 Å². The maximum Gasteiger partial charge on any atom is 0.417 e. The number of hydrogen-bond donors (Lipinski definition) is 2. The first kappa shape index (κ1) is 10.5. The second-order valence-electron chi connectivity index (χ2n) is 3.15. The Morgan fingerprint density at radius 1 is 1.38 bits per heavy atom. The molecule has 0 saturated carbocycles. The monoisotopic (exact) mass is 230 g/mol. The Labute approximate surface area is 86.7 Å². The van der Waals surface area contributed by atoms with Gasteiger partial charge in [-0.1, -0.05) is 0 Å². The van der Waals surface area contributed by atoms with Crippen molar-refractivity contribution in [3.8, 4) is 0 Å². The molecule has 0 unspecified atom stereocenters. The summed E-state index contributed by atoms with van der Waals surface area (Å²) in [6, 6.07) is 1.96. The summed E-state index contributed by atoms with van der Waals surface area (Å²) < 4.78 is 36.9. The third-order valence-corrected chi connectivity index (χ3v) is 2.03. The summed E-state index contributed by atoms with van der Waals surface area (Å²) in [6.45, 7) is 0. The highest BCUT2D eigenvalue weighted by atomic mass is 19.4. The number of carbonyl (C=O) groups is 1. The van der Waals surface area contributed by atoms with Crippen molar-refractivity contribution in [2.24, 2.45) is 0 Å². The number of aromatic nitrogens is 2. The fourth-order valence-electron chi connectivity index (χ4n) is 1.29. The van der Waals surface area contributed by atoms with Gasteiger partial charge >= 0.3 is 12.1 Å². The Morgan fingerprint density at radius 2 is 2.06 bits per heavy atom. The van der Waals surface area contributed by atoms with Crippen LogP contribution in [0.3, 0.4) is 0 Å². The van der Waals surface area contributed by atoms with E-state index in [4.69, 9.17) is 5.11 Å². The summed E-state index contributed by atoms with van der Waals surface area (Å²) in [5.74, 6) is -1.24. The van der Waals surface area contributed by atoms with Crippen molar-refractivity contribution >= 4 is 17.0 Å². The van der Waals surface area contributed by atoms with E-state index >= 15 is 0 Å². The fraction of sp³-hybridized carbons (Fsp3) is 0.111. The molecule has 2 rings (SSSR count). The Kier molecular flexibility index (Phi) is 2.11. The number of carboxylic acids is 1. The molecule has 0 fully saturated rings. The molecule has 2 heterocycles. The summed E-state index contributed by atoms with van der Waals surface area (Å²) in [6.07, 6.45) is -3.83. The number of nitrogens with one attached hydrogen (secondary N) is 1. The molecule has 0 spiro atoms. The number of H-pyrrole nitrogens is 1. The molecule has 0 saturated heterocycles. The average Bonchev–Trinajstić information content (AvgIpc) is 2.58. The highest BCUT2D eigenvalue weighted by Crippen LogP contribution is 2.30. The molecule has 7 heteroatoms. The minimum absolute atomic E-state index is 0.116. The summed E-state index contributed by atoms with van der Waals surface area (Å²) in [7, 11) is 0. The van der Waals surface area contributed by atoms with E-state index in [1.54, 1.807) is 0 Å². The van der Waals surface area contributed by atoms with Crippen LogP contribution < -0.4 is 0 Å². The molecule has 0 atom stereocenters. The molecule has 0 bridgehead atoms. The summed E-state index contributed by atoms with van der Waals surface area (Å²) in [5, 5.41) is 8.75. The van der Waals surface area contributed by atoms with Gasteiger partial charge in [0.2, 0.25) is 0 Å². The number of rotatable bonds is 1. The number of carboxylic acid groups (broad SMARTS) is 1. The second-order valence-corrected chi connectivity index (χ2v) is 3.15. The van der Waals surface area contributed by atoms with Gasteiger partial charge in [-0.15, -0.1) is 0 Å². The molecule has 2 N–H and O–H groups in total. The standard InChI is InChI=1S/C9H5F3N2O2/c10-9(11,12)5-1-4-2-6(8(15)16)14-7(4)13-3-5/h1-3H,(H,13,14)(H,15,16). The van der Waals surface area contributed by atoms with Gasteiger partial charge in [-0.2, -0.15) is 13.2 Å². The molecule has 0 radical (unpaired) electrons. The van der Waals surface area contributed by atoms with Crippen molar-refractivity contribution in [3.63, 3.8) is 0 Å². The van der Waals surface area contributed by atoms with Crippen LogP contribution in [-0.2, 0) is 6.18 Å². The summed E-state index contributed by atoms with van der Waals surface area (Å²) in [4.78, 5) is 16.5. The molecule has 0 aliphatic carbocycles. The van der Waals surface area contributed by atoms with Crippen LogP contribution in [0.15, 0.2) is 18.3 Å². The van der Waals surface area contributed by atoms with E-state index in [2.05, 4.69) is 9.97 Å². The SMILES string of the molecule is O=C(O)c1cc2cc(C(F)(F)F)cnc2[nH]1. The smallest absolute Gasteiger partial charge is 0.417 e. The summed E-state index contributed by atoms with van der Waals surface area (Å²) in [5.41, 5.74) is -0.983. The number of nitrogens with zero attached hydrogens (tertiary/aromatic N) is 1. The van der Waals surface area contributed by atoms with E-state index in [-0.39, 0.29) is 16.7 Å². The van der Waals surface area contributed by atoms with Crippen LogP contribution >= 0.6 is 0 Å². The van der Waals surface area contributed by atoms with Crippen LogP contribution in [0, 0.1) is 0 Å². The zero-order valence-electron chi connectivity index (χ0n) is 7.67. The van der Waals surface area contributed by atoms with Crippen molar-refractivity contribution in [2.75, 3.05) is 0 Å². The van der Waals surface area contributed by atoms with Crippen molar-refractivity contribution < 1.29 is 23.1 Å². The van der Waals surface area contributed by atoms with E-state index in [1.807, 2.05) is 0 Å². The highest BCUT2D eigenvalue weighted by Gasteiger charge is 2.31. The minimum Gasteiger partial charge on any atom is -0.477 e. The Balaban J connectivity index is 2.58. The van der Waals surface area contributed by atoms with E-state index in [9.17, 15) is 18.0 Å². The zero-order valence-corrected chi connectivity index (χ0v) is 7.67. The zero-order chi connectivity index (χ0) is 11.9. The largest absolute Gasteiger partial charge is 0.477 e. The molecule has 4 nitrogen and oxygen atoms in total. The topological polar surface area (TPSA) is 66.0 Å². The second kappa shape index (κ2) is 3.22. The maximum absolute atomic E-state index is 12.3. The third kappa shape index (κ3) is 1.71. The lowest BCUT2D eigenvalue weighted by atomic mass is 10.2. The lowest BCUT2D eigenvalue weighted by Gasteiger charge is -2.04. The quantitative estimate of drug-likeness (QED) is 0.789. The predicted molar refractivity (Wildman–Crippen MR) is 48.1 cm³/mol. The van der Waals surface area contributed by atoms with E-state index < -0.39 is 17.7 Å². The molecule has 0 aliphatic rings. The van der Waals surface area contributed by atoms with Crippen LogP contribution in [-0.4, -0.2) is 21.0 Å². The van der Waals surface area contributed by atoms with Crippen molar-refractivity contribution in [1.29, 1.82) is 0 Å². The number of fused-ring (bicyclic) bond motifs is 1. The van der Waals surface area contributed by atoms with Gasteiger partial charge in [0.1, 0.15) is 11.3 Å². The van der Waals surface area contributed by atoms with Crippen LogP contribution in [0.4, 0.5) is 13.2 Å². The first-order chi connectivity index (χ1) is 7.38. The van der Waals surface area contributed by atoms with Gasteiger partial charge in [0.05, 0.1) is 5.56 Å². The number of pyridine rings is 1. The average molecular weight is 230 g/mol. The van der Waals surface area contributed by atoms with Crippen molar-refractivity contribution in [2.45, 2.75) is 6.18 Å². The van der Waals surface area contributed by atoms with E-state index in [0.717, 1.165) is 12.1 Å². The van der Waals surface area contributed by atoms with Crippen molar-refractivity contribution in [3.05, 3.63) is 29.6 Å². The fourth-order valence-corrected chi connectivity index (χ4v) is 1.29. The van der Waals surface area contributed by atoms with Gasteiger partial charge in [0, 0.05) is 11.6 Å². The maximum atomic E-state index is 12.3. The van der Waals surface area contributed by atoms with Crippen LogP contribution in [0.5, 0.6) is 0 Å². The number of hydrogen-bond acceptors (Lipinski definition) is 2. The molecule has 84 valence electrons. The predicted octanol–water partition coefficient (Wildman–Crippen LogP) is 2.28. The Hall–Kier alpha value is -2.05. The number of alkyl halides is 3. The lowest BCUT2D eigenvalue weighted by molar-refractivity contribution is -0.137. The Morgan fingerprint density at radius 3 is 2.62 bits per heavy atom. The van der Waals surface area contributed by atoms with Crippen LogP contribution in [0.1, 0.15) is 16.1 Å². The molecule has 2 aromatic rings. The minimum atomic E-state index is -4.48. The molecular formula is C9H5F3N2O2. The summed E-state index contributed by atoms with van der Waals surface area (Å²) >= 11 is 0. The van der Waals surface area contributed by atoms with Crippen LogP contribution in [0.25, 0.3) is 11.0 Å². The Bertz CT molecular complexity index is 559. The normalized spacial score (nSPS) is 11.9. The molecule has 2 aromatic heterocycles.